The Kier molecular flexibility index (Phi) is 5.25. The van der Waals surface area contributed by atoms with Gasteiger partial charge in [-0.2, -0.15) is 11.8 Å². The highest BCUT2D eigenvalue weighted by molar-refractivity contribution is 7.99. The fraction of sp³-hybridized carbons (Fsp3) is 0.938. The molecule has 120 valence electrons. The smallest absolute Gasteiger partial charge is 0.166 e. The van der Waals surface area contributed by atoms with Gasteiger partial charge in [0.1, 0.15) is 6.10 Å². The molecule has 5 heteroatoms. The summed E-state index contributed by atoms with van der Waals surface area (Å²) in [5.41, 5.74) is -0.0129. The van der Waals surface area contributed by atoms with Crippen LogP contribution >= 0.6 is 11.8 Å². The van der Waals surface area contributed by atoms with Gasteiger partial charge in [-0.15, -0.1) is 0 Å². The molecule has 0 aromatic carbocycles. The van der Waals surface area contributed by atoms with Crippen LogP contribution in [0.4, 0.5) is 0 Å². The summed E-state index contributed by atoms with van der Waals surface area (Å²) in [6.07, 6.45) is 3.82. The SMILES string of the molecule is CCCN1CCOC(C(=O)C2CCOC3(CCSC3)C2)C1. The largest absolute Gasteiger partial charge is 0.374 e. The van der Waals surface area contributed by atoms with E-state index in [0.717, 1.165) is 57.7 Å². The highest BCUT2D eigenvalue weighted by atomic mass is 32.2. The van der Waals surface area contributed by atoms with Crippen molar-refractivity contribution in [3.05, 3.63) is 0 Å². The Labute approximate surface area is 131 Å². The maximum absolute atomic E-state index is 12.8. The van der Waals surface area contributed by atoms with Crippen LogP contribution in [-0.2, 0) is 14.3 Å². The van der Waals surface area contributed by atoms with E-state index in [2.05, 4.69) is 11.8 Å². The number of ketones is 1. The van der Waals surface area contributed by atoms with Gasteiger partial charge >= 0.3 is 0 Å². The van der Waals surface area contributed by atoms with E-state index in [1.807, 2.05) is 11.8 Å². The van der Waals surface area contributed by atoms with Crippen molar-refractivity contribution >= 4 is 17.5 Å². The molecule has 0 aliphatic carbocycles. The molecule has 3 unspecified atom stereocenters. The van der Waals surface area contributed by atoms with E-state index in [1.165, 1.54) is 5.75 Å². The molecule has 0 saturated carbocycles. The summed E-state index contributed by atoms with van der Waals surface area (Å²) in [6, 6.07) is 0. The second kappa shape index (κ2) is 6.99. The fourth-order valence-corrected chi connectivity index (χ4v) is 5.17. The molecule has 0 aromatic rings. The third kappa shape index (κ3) is 3.63. The number of carbonyl (C=O) groups is 1. The second-order valence-corrected chi connectivity index (χ2v) is 7.69. The maximum Gasteiger partial charge on any atom is 0.166 e. The molecule has 4 nitrogen and oxygen atoms in total. The van der Waals surface area contributed by atoms with Gasteiger partial charge in [0.2, 0.25) is 0 Å². The van der Waals surface area contributed by atoms with Crippen LogP contribution in [0.5, 0.6) is 0 Å². The van der Waals surface area contributed by atoms with E-state index >= 15 is 0 Å². The van der Waals surface area contributed by atoms with E-state index < -0.39 is 0 Å². The number of carbonyl (C=O) groups excluding carboxylic acids is 1. The molecule has 0 aromatic heterocycles. The molecule has 3 saturated heterocycles. The van der Waals surface area contributed by atoms with Crippen LogP contribution in [0, 0.1) is 5.92 Å². The quantitative estimate of drug-likeness (QED) is 0.793. The van der Waals surface area contributed by atoms with E-state index in [9.17, 15) is 4.79 Å². The molecular weight excluding hydrogens is 286 g/mol. The second-order valence-electron chi connectivity index (χ2n) is 6.59. The fourth-order valence-electron chi connectivity index (χ4n) is 3.79. The first-order chi connectivity index (χ1) is 10.2. The zero-order chi connectivity index (χ0) is 14.7. The molecule has 3 aliphatic rings. The molecule has 0 N–H and O–H groups in total. The summed E-state index contributed by atoms with van der Waals surface area (Å²) in [7, 11) is 0. The summed E-state index contributed by atoms with van der Waals surface area (Å²) in [6.45, 7) is 6.44. The molecular formula is C16H27NO3S. The number of hydrogen-bond acceptors (Lipinski definition) is 5. The molecule has 3 aliphatic heterocycles. The van der Waals surface area contributed by atoms with Crippen LogP contribution < -0.4 is 0 Å². The van der Waals surface area contributed by atoms with E-state index in [4.69, 9.17) is 9.47 Å². The Morgan fingerprint density at radius 1 is 1.43 bits per heavy atom. The average molecular weight is 313 g/mol. The third-order valence-corrected chi connectivity index (χ3v) is 6.19. The van der Waals surface area contributed by atoms with Crippen molar-refractivity contribution in [3.8, 4) is 0 Å². The lowest BCUT2D eigenvalue weighted by molar-refractivity contribution is -0.150. The Morgan fingerprint density at radius 3 is 3.10 bits per heavy atom. The minimum Gasteiger partial charge on any atom is -0.374 e. The number of hydrogen-bond donors (Lipinski definition) is 0. The van der Waals surface area contributed by atoms with Gasteiger partial charge in [0.25, 0.3) is 0 Å². The van der Waals surface area contributed by atoms with Crippen LogP contribution in [0.1, 0.15) is 32.6 Å². The average Bonchev–Trinajstić information content (AvgIpc) is 2.95. The Balaban J connectivity index is 1.59. The molecule has 1 spiro atoms. The van der Waals surface area contributed by atoms with Crippen molar-refractivity contribution in [2.45, 2.75) is 44.3 Å². The summed E-state index contributed by atoms with van der Waals surface area (Å²) < 4.78 is 11.8. The highest BCUT2D eigenvalue weighted by Gasteiger charge is 2.44. The molecule has 0 radical (unpaired) electrons. The normalized spacial score (nSPS) is 38.0. The Bertz CT molecular complexity index is 369. The van der Waals surface area contributed by atoms with E-state index in [0.29, 0.717) is 12.4 Å². The number of ether oxygens (including phenoxy) is 2. The minimum atomic E-state index is -0.209. The van der Waals surface area contributed by atoms with Crippen LogP contribution in [-0.4, -0.2) is 66.7 Å². The first kappa shape index (κ1) is 15.8. The molecule has 3 rings (SSSR count). The first-order valence-electron chi connectivity index (χ1n) is 8.32. The van der Waals surface area contributed by atoms with Crippen molar-refractivity contribution in [2.75, 3.05) is 44.4 Å². The van der Waals surface area contributed by atoms with Crippen LogP contribution in [0.2, 0.25) is 0 Å². The number of Topliss-reactive ketones (excluding diaryl/α,β-unsaturated/α-hetero) is 1. The minimum absolute atomic E-state index is 0.0129. The molecule has 3 heterocycles. The zero-order valence-corrected chi connectivity index (χ0v) is 13.8. The van der Waals surface area contributed by atoms with E-state index in [1.54, 1.807) is 0 Å². The van der Waals surface area contributed by atoms with Crippen molar-refractivity contribution in [3.63, 3.8) is 0 Å². The standard InChI is InChI=1S/C16H27NO3S/c1-2-5-17-6-8-19-14(11-17)15(18)13-3-7-20-16(10-13)4-9-21-12-16/h13-14H,2-12H2,1H3. The molecule has 0 amide bonds. The van der Waals surface area contributed by atoms with Gasteiger partial charge in [-0.25, -0.2) is 0 Å². The highest BCUT2D eigenvalue weighted by Crippen LogP contribution is 2.41. The third-order valence-electron chi connectivity index (χ3n) is 4.97. The van der Waals surface area contributed by atoms with Crippen molar-refractivity contribution < 1.29 is 14.3 Å². The predicted octanol–water partition coefficient (Wildman–Crippen LogP) is 1.97. The lowest BCUT2D eigenvalue weighted by atomic mass is 9.81. The number of morpholine rings is 1. The number of rotatable bonds is 4. The monoisotopic (exact) mass is 313 g/mol. The first-order valence-corrected chi connectivity index (χ1v) is 9.47. The van der Waals surface area contributed by atoms with Gasteiger partial charge in [0, 0.05) is 31.4 Å². The van der Waals surface area contributed by atoms with Crippen molar-refractivity contribution in [1.29, 1.82) is 0 Å². The van der Waals surface area contributed by atoms with Crippen molar-refractivity contribution in [2.24, 2.45) is 5.92 Å². The summed E-state index contributed by atoms with van der Waals surface area (Å²) in [5, 5.41) is 0. The summed E-state index contributed by atoms with van der Waals surface area (Å²) in [5.74, 6) is 2.70. The number of nitrogens with zero attached hydrogens (tertiary/aromatic N) is 1. The van der Waals surface area contributed by atoms with Crippen LogP contribution in [0.3, 0.4) is 0 Å². The Morgan fingerprint density at radius 2 is 2.33 bits per heavy atom. The Hall–Kier alpha value is -0.100. The maximum atomic E-state index is 12.8. The van der Waals surface area contributed by atoms with Crippen LogP contribution in [0.15, 0.2) is 0 Å². The van der Waals surface area contributed by atoms with E-state index in [-0.39, 0.29) is 17.6 Å². The van der Waals surface area contributed by atoms with Crippen molar-refractivity contribution in [1.82, 2.24) is 4.90 Å². The van der Waals surface area contributed by atoms with Crippen LogP contribution in [0.25, 0.3) is 0 Å². The van der Waals surface area contributed by atoms with Gasteiger partial charge in [-0.1, -0.05) is 6.92 Å². The predicted molar refractivity (Wildman–Crippen MR) is 84.8 cm³/mol. The van der Waals surface area contributed by atoms with Gasteiger partial charge in [0.15, 0.2) is 5.78 Å². The summed E-state index contributed by atoms with van der Waals surface area (Å²) in [4.78, 5) is 15.2. The van der Waals surface area contributed by atoms with Gasteiger partial charge in [0.05, 0.1) is 12.2 Å². The summed E-state index contributed by atoms with van der Waals surface area (Å²) >= 11 is 1.96. The molecule has 3 atom stereocenters. The van der Waals surface area contributed by atoms with Gasteiger partial charge in [-0.3, -0.25) is 9.69 Å². The van der Waals surface area contributed by atoms with Gasteiger partial charge in [-0.05, 0) is 38.0 Å². The molecule has 3 fully saturated rings. The zero-order valence-electron chi connectivity index (χ0n) is 13.0. The lowest BCUT2D eigenvalue weighted by Crippen LogP contribution is -2.50. The van der Waals surface area contributed by atoms with Gasteiger partial charge < -0.3 is 9.47 Å². The molecule has 21 heavy (non-hydrogen) atoms. The topological polar surface area (TPSA) is 38.8 Å². The number of thioether (sulfide) groups is 1. The molecule has 0 bridgehead atoms. The lowest BCUT2D eigenvalue weighted by Gasteiger charge is -2.39.